The van der Waals surface area contributed by atoms with Crippen LogP contribution in [0, 0.1) is 18.3 Å². The smallest absolute Gasteiger partial charge is 0.315 e. The molecule has 0 radical (unpaired) electrons. The molecule has 1 aliphatic carbocycles. The third-order valence-corrected chi connectivity index (χ3v) is 4.24. The largest absolute Gasteiger partial charge is 0.481 e. The van der Waals surface area contributed by atoms with Crippen LogP contribution in [0.5, 0.6) is 0 Å². The number of carboxylic acid groups (broad SMARTS) is 1. The van der Waals surface area contributed by atoms with Gasteiger partial charge in [0.15, 0.2) is 0 Å². The Morgan fingerprint density at radius 1 is 1.22 bits per heavy atom. The Morgan fingerprint density at radius 3 is 2.43 bits per heavy atom. The number of terminal acetylenes is 1. The first-order valence-electron chi connectivity index (χ1n) is 7.88. The molecule has 1 saturated carbocycles. The van der Waals surface area contributed by atoms with E-state index in [9.17, 15) is 9.59 Å². The predicted molar refractivity (Wildman–Crippen MR) is 87.7 cm³/mol. The second-order valence-electron chi connectivity index (χ2n) is 5.88. The van der Waals surface area contributed by atoms with Gasteiger partial charge in [0.2, 0.25) is 0 Å². The minimum Gasteiger partial charge on any atom is -0.481 e. The minimum absolute atomic E-state index is 0.0212. The number of aliphatic carboxylic acids is 1. The lowest BCUT2D eigenvalue weighted by Gasteiger charge is -2.27. The molecular weight excluding hydrogens is 292 g/mol. The molecule has 1 unspecified atom stereocenters. The van der Waals surface area contributed by atoms with Crippen LogP contribution in [0.2, 0.25) is 0 Å². The van der Waals surface area contributed by atoms with E-state index in [1.54, 1.807) is 0 Å². The molecule has 0 aliphatic heterocycles. The van der Waals surface area contributed by atoms with Crippen molar-refractivity contribution in [2.45, 2.75) is 44.2 Å². The summed E-state index contributed by atoms with van der Waals surface area (Å²) in [6, 6.07) is 9.13. The van der Waals surface area contributed by atoms with Crippen LogP contribution in [0.3, 0.4) is 0 Å². The zero-order chi connectivity index (χ0) is 16.7. The molecule has 0 heterocycles. The van der Waals surface area contributed by atoms with Crippen LogP contribution in [-0.4, -0.2) is 23.1 Å². The summed E-state index contributed by atoms with van der Waals surface area (Å²) in [7, 11) is 0. The second kappa shape index (κ2) is 8.23. The molecule has 5 nitrogen and oxygen atoms in total. The highest BCUT2D eigenvalue weighted by Gasteiger charge is 2.27. The number of amides is 2. The molecule has 3 N–H and O–H groups in total. The standard InChI is InChI=1S/C18H22N2O3/c1-2-6-16(13-7-4-3-5-8-13)20-18(23)19-15-11-9-14(10-12-15)17(21)22/h1,3-5,7-8,14-16H,6,9-12H2,(H,21,22)(H2,19,20,23). The van der Waals surface area contributed by atoms with Gasteiger partial charge in [0, 0.05) is 12.5 Å². The number of nitrogens with one attached hydrogen (secondary N) is 2. The van der Waals surface area contributed by atoms with Gasteiger partial charge in [-0.15, -0.1) is 12.3 Å². The zero-order valence-electron chi connectivity index (χ0n) is 13.0. The van der Waals surface area contributed by atoms with E-state index in [2.05, 4.69) is 16.6 Å². The summed E-state index contributed by atoms with van der Waals surface area (Å²) < 4.78 is 0. The molecule has 1 aliphatic rings. The highest BCUT2D eigenvalue weighted by atomic mass is 16.4. The minimum atomic E-state index is -0.744. The third kappa shape index (κ3) is 5.03. The fourth-order valence-electron chi connectivity index (χ4n) is 2.93. The van der Waals surface area contributed by atoms with Crippen LogP contribution in [0.25, 0.3) is 0 Å². The number of rotatable bonds is 5. The first-order chi connectivity index (χ1) is 11.1. The summed E-state index contributed by atoms with van der Waals surface area (Å²) in [5.74, 6) is 1.56. The summed E-state index contributed by atoms with van der Waals surface area (Å²) in [5.41, 5.74) is 0.968. The number of carbonyl (C=O) groups is 2. The highest BCUT2D eigenvalue weighted by Crippen LogP contribution is 2.24. The molecule has 0 bridgehead atoms. The Bertz CT molecular complexity index is 572. The number of carboxylic acids is 1. The van der Waals surface area contributed by atoms with E-state index in [1.165, 1.54) is 0 Å². The molecule has 5 heteroatoms. The number of hydrogen-bond acceptors (Lipinski definition) is 2. The summed E-state index contributed by atoms with van der Waals surface area (Å²) >= 11 is 0. The highest BCUT2D eigenvalue weighted by molar-refractivity contribution is 5.75. The lowest BCUT2D eigenvalue weighted by Crippen LogP contribution is -2.45. The molecule has 0 saturated heterocycles. The van der Waals surface area contributed by atoms with Crippen molar-refractivity contribution in [3.63, 3.8) is 0 Å². The Balaban J connectivity index is 1.86. The van der Waals surface area contributed by atoms with Crippen molar-refractivity contribution in [3.05, 3.63) is 35.9 Å². The topological polar surface area (TPSA) is 78.4 Å². The Morgan fingerprint density at radius 2 is 1.87 bits per heavy atom. The average molecular weight is 314 g/mol. The van der Waals surface area contributed by atoms with Gasteiger partial charge < -0.3 is 15.7 Å². The van der Waals surface area contributed by atoms with E-state index >= 15 is 0 Å². The van der Waals surface area contributed by atoms with Crippen LogP contribution in [0.4, 0.5) is 4.79 Å². The number of hydrogen-bond donors (Lipinski definition) is 3. The van der Waals surface area contributed by atoms with Crippen molar-refractivity contribution in [2.24, 2.45) is 5.92 Å². The quantitative estimate of drug-likeness (QED) is 0.731. The molecule has 1 fully saturated rings. The van der Waals surface area contributed by atoms with E-state index in [-0.39, 0.29) is 24.0 Å². The van der Waals surface area contributed by atoms with Crippen LogP contribution in [0.1, 0.15) is 43.7 Å². The summed E-state index contributed by atoms with van der Waals surface area (Å²) in [5, 5.41) is 14.8. The maximum absolute atomic E-state index is 12.2. The molecule has 122 valence electrons. The zero-order valence-corrected chi connectivity index (χ0v) is 13.0. The van der Waals surface area contributed by atoms with E-state index < -0.39 is 5.97 Å². The number of urea groups is 1. The van der Waals surface area contributed by atoms with Gasteiger partial charge in [-0.1, -0.05) is 30.3 Å². The summed E-state index contributed by atoms with van der Waals surface area (Å²) in [6.45, 7) is 0. The predicted octanol–water partition coefficient (Wildman–Crippen LogP) is 2.69. The third-order valence-electron chi connectivity index (χ3n) is 4.24. The number of benzene rings is 1. The molecular formula is C18H22N2O3. The SMILES string of the molecule is C#CCC(NC(=O)NC1CCC(C(=O)O)CC1)c1ccccc1. The van der Waals surface area contributed by atoms with Gasteiger partial charge >= 0.3 is 12.0 Å². The van der Waals surface area contributed by atoms with E-state index in [0.717, 1.165) is 5.56 Å². The lowest BCUT2D eigenvalue weighted by atomic mass is 9.86. The first kappa shape index (κ1) is 16.9. The van der Waals surface area contributed by atoms with Crippen molar-refractivity contribution in [2.75, 3.05) is 0 Å². The van der Waals surface area contributed by atoms with Gasteiger partial charge in [0.1, 0.15) is 0 Å². The Hall–Kier alpha value is -2.48. The van der Waals surface area contributed by atoms with Gasteiger partial charge in [-0.05, 0) is 31.2 Å². The van der Waals surface area contributed by atoms with Crippen molar-refractivity contribution >= 4 is 12.0 Å². The van der Waals surface area contributed by atoms with Crippen molar-refractivity contribution in [1.29, 1.82) is 0 Å². The van der Waals surface area contributed by atoms with Crippen molar-refractivity contribution in [1.82, 2.24) is 10.6 Å². The molecule has 1 aromatic rings. The number of carbonyl (C=O) groups excluding carboxylic acids is 1. The molecule has 2 amide bonds. The molecule has 1 aromatic carbocycles. The van der Waals surface area contributed by atoms with Crippen molar-refractivity contribution < 1.29 is 14.7 Å². The van der Waals surface area contributed by atoms with Crippen LogP contribution >= 0.6 is 0 Å². The lowest BCUT2D eigenvalue weighted by molar-refractivity contribution is -0.142. The summed E-state index contributed by atoms with van der Waals surface area (Å²) in [4.78, 5) is 23.1. The molecule has 0 spiro atoms. The van der Waals surface area contributed by atoms with Crippen LogP contribution in [-0.2, 0) is 4.79 Å². The maximum atomic E-state index is 12.2. The van der Waals surface area contributed by atoms with Gasteiger partial charge in [-0.2, -0.15) is 0 Å². The Labute approximate surface area is 136 Å². The molecule has 2 rings (SSSR count). The fraction of sp³-hybridized carbons (Fsp3) is 0.444. The first-order valence-corrected chi connectivity index (χ1v) is 7.88. The monoisotopic (exact) mass is 314 g/mol. The van der Waals surface area contributed by atoms with E-state index in [0.29, 0.717) is 32.1 Å². The van der Waals surface area contributed by atoms with Crippen molar-refractivity contribution in [3.8, 4) is 12.3 Å². The normalized spacial score (nSPS) is 21.7. The van der Waals surface area contributed by atoms with E-state index in [1.807, 2.05) is 30.3 Å². The fourth-order valence-corrected chi connectivity index (χ4v) is 2.93. The van der Waals surface area contributed by atoms with Crippen LogP contribution < -0.4 is 10.6 Å². The van der Waals surface area contributed by atoms with Gasteiger partial charge in [0.25, 0.3) is 0 Å². The average Bonchev–Trinajstić information content (AvgIpc) is 2.55. The summed E-state index contributed by atoms with van der Waals surface area (Å²) in [6.07, 6.45) is 8.40. The Kier molecular flexibility index (Phi) is 6.04. The van der Waals surface area contributed by atoms with Gasteiger partial charge in [0.05, 0.1) is 12.0 Å². The van der Waals surface area contributed by atoms with Gasteiger partial charge in [-0.3, -0.25) is 4.79 Å². The maximum Gasteiger partial charge on any atom is 0.315 e. The second-order valence-corrected chi connectivity index (χ2v) is 5.88. The van der Waals surface area contributed by atoms with Crippen LogP contribution in [0.15, 0.2) is 30.3 Å². The molecule has 1 atom stereocenters. The molecule has 23 heavy (non-hydrogen) atoms. The van der Waals surface area contributed by atoms with Gasteiger partial charge in [-0.25, -0.2) is 4.79 Å². The molecule has 0 aromatic heterocycles. The van der Waals surface area contributed by atoms with E-state index in [4.69, 9.17) is 11.5 Å².